The molecular weight excluding hydrogens is 278 g/mol. The van der Waals surface area contributed by atoms with Crippen LogP contribution in [0.2, 0.25) is 0 Å². The van der Waals surface area contributed by atoms with Crippen LogP contribution in [0.4, 0.5) is 5.69 Å². The highest BCUT2D eigenvalue weighted by atomic mass is 79.9. The number of thiocarbonyl (C=S) groups is 1. The van der Waals surface area contributed by atoms with E-state index in [1.165, 1.54) is 0 Å². The maximum atomic E-state index is 10.6. The Hall–Kier alpha value is -1.14. The van der Waals surface area contributed by atoms with Crippen LogP contribution in [0.3, 0.4) is 0 Å². The van der Waals surface area contributed by atoms with E-state index in [1.807, 2.05) is 0 Å². The second-order valence-electron chi connectivity index (χ2n) is 2.88. The largest absolute Gasteiger partial charge is 0.389 e. The molecule has 0 bridgehead atoms. The molecule has 0 fully saturated rings. The third kappa shape index (κ3) is 3.49. The highest BCUT2D eigenvalue weighted by Gasteiger charge is 2.03. The fourth-order valence-corrected chi connectivity index (χ4v) is 1.64. The van der Waals surface area contributed by atoms with Gasteiger partial charge in [-0.05, 0) is 34.1 Å². The summed E-state index contributed by atoms with van der Waals surface area (Å²) in [5.74, 6) is -0.416. The van der Waals surface area contributed by atoms with E-state index in [1.54, 1.807) is 18.2 Å². The normalized spacial score (nSPS) is 9.67. The number of carbonyl (C=O) groups excluding carboxylic acids is 1. The Bertz CT molecular complexity index is 408. The smallest absolute Gasteiger partial charge is 0.236 e. The minimum absolute atomic E-state index is 0.0883. The molecule has 1 aromatic rings. The van der Waals surface area contributed by atoms with E-state index in [4.69, 9.17) is 23.7 Å². The van der Waals surface area contributed by atoms with Crippen molar-refractivity contribution in [3.05, 3.63) is 28.2 Å². The number of primary amides is 1. The fourth-order valence-electron chi connectivity index (χ4n) is 0.994. The van der Waals surface area contributed by atoms with Crippen molar-refractivity contribution in [3.63, 3.8) is 0 Å². The molecule has 0 unspecified atom stereocenters. The van der Waals surface area contributed by atoms with Crippen LogP contribution in [0, 0.1) is 0 Å². The minimum atomic E-state index is -0.416. The van der Waals surface area contributed by atoms with Crippen molar-refractivity contribution >= 4 is 44.7 Å². The molecule has 0 atom stereocenters. The molecule has 5 N–H and O–H groups in total. The summed E-state index contributed by atoms with van der Waals surface area (Å²) in [5.41, 5.74) is 12.0. The van der Waals surface area contributed by atoms with Crippen LogP contribution in [-0.2, 0) is 4.79 Å². The van der Waals surface area contributed by atoms with E-state index in [2.05, 4.69) is 21.2 Å². The number of benzene rings is 1. The maximum Gasteiger partial charge on any atom is 0.236 e. The van der Waals surface area contributed by atoms with Crippen LogP contribution in [0.15, 0.2) is 22.7 Å². The lowest BCUT2D eigenvalue weighted by atomic mass is 10.2. The minimum Gasteiger partial charge on any atom is -0.389 e. The standard InChI is InChI=1S/C9H10BrN3OS/c10-6-3-5(9(12)15)1-2-7(6)13-4-8(11)14/h1-3,13H,4H2,(H2,11,14)(H2,12,15). The van der Waals surface area contributed by atoms with Gasteiger partial charge in [-0.15, -0.1) is 0 Å². The molecular formula is C9H10BrN3OS. The van der Waals surface area contributed by atoms with Gasteiger partial charge in [0.25, 0.3) is 0 Å². The van der Waals surface area contributed by atoms with Crippen molar-refractivity contribution in [3.8, 4) is 0 Å². The van der Waals surface area contributed by atoms with Crippen LogP contribution >= 0.6 is 28.1 Å². The summed E-state index contributed by atoms with van der Waals surface area (Å²) >= 11 is 8.17. The average Bonchev–Trinajstić information content (AvgIpc) is 2.15. The van der Waals surface area contributed by atoms with E-state index < -0.39 is 5.91 Å². The molecule has 80 valence electrons. The van der Waals surface area contributed by atoms with E-state index in [0.29, 0.717) is 4.99 Å². The molecule has 15 heavy (non-hydrogen) atoms. The van der Waals surface area contributed by atoms with Crippen LogP contribution in [0.25, 0.3) is 0 Å². The Labute approximate surface area is 101 Å². The van der Waals surface area contributed by atoms with E-state index >= 15 is 0 Å². The molecule has 0 aliphatic rings. The van der Waals surface area contributed by atoms with Gasteiger partial charge < -0.3 is 16.8 Å². The van der Waals surface area contributed by atoms with Crippen LogP contribution in [0.1, 0.15) is 5.56 Å². The molecule has 1 amide bonds. The summed E-state index contributed by atoms with van der Waals surface area (Å²) < 4.78 is 0.786. The lowest BCUT2D eigenvalue weighted by Gasteiger charge is -2.07. The second kappa shape index (κ2) is 5.09. The SMILES string of the molecule is NC(=O)CNc1ccc(C(N)=S)cc1Br. The summed E-state index contributed by atoms with van der Waals surface area (Å²) in [7, 11) is 0. The second-order valence-corrected chi connectivity index (χ2v) is 4.17. The summed E-state index contributed by atoms with van der Waals surface area (Å²) in [6, 6.07) is 5.34. The molecule has 0 saturated carbocycles. The molecule has 0 aliphatic heterocycles. The Balaban J connectivity index is 2.83. The van der Waals surface area contributed by atoms with Crippen molar-refractivity contribution in [2.24, 2.45) is 11.5 Å². The number of nitrogens with one attached hydrogen (secondary N) is 1. The number of nitrogens with two attached hydrogens (primary N) is 2. The molecule has 0 spiro atoms. The third-order valence-corrected chi connectivity index (χ3v) is 2.60. The van der Waals surface area contributed by atoms with Gasteiger partial charge in [0.05, 0.1) is 6.54 Å². The number of rotatable bonds is 4. The Morgan fingerprint density at radius 1 is 1.47 bits per heavy atom. The zero-order valence-electron chi connectivity index (χ0n) is 7.79. The third-order valence-electron chi connectivity index (χ3n) is 1.71. The Kier molecular flexibility index (Phi) is 4.05. The molecule has 0 radical (unpaired) electrons. The zero-order chi connectivity index (χ0) is 11.4. The lowest BCUT2D eigenvalue weighted by molar-refractivity contribution is -0.116. The summed E-state index contributed by atoms with van der Waals surface area (Å²) in [4.78, 5) is 10.9. The molecule has 1 rings (SSSR count). The van der Waals surface area contributed by atoms with Gasteiger partial charge >= 0.3 is 0 Å². The van der Waals surface area contributed by atoms with Crippen molar-refractivity contribution in [2.45, 2.75) is 0 Å². The van der Waals surface area contributed by atoms with Gasteiger partial charge in [0.2, 0.25) is 5.91 Å². The zero-order valence-corrected chi connectivity index (χ0v) is 10.2. The predicted octanol–water partition coefficient (Wildman–Crippen LogP) is 0.980. The van der Waals surface area contributed by atoms with Crippen molar-refractivity contribution in [1.82, 2.24) is 0 Å². The topological polar surface area (TPSA) is 81.1 Å². The van der Waals surface area contributed by atoms with E-state index in [0.717, 1.165) is 15.7 Å². The first-order valence-electron chi connectivity index (χ1n) is 4.12. The fraction of sp³-hybridized carbons (Fsp3) is 0.111. The quantitative estimate of drug-likeness (QED) is 0.721. The highest BCUT2D eigenvalue weighted by Crippen LogP contribution is 2.23. The first-order valence-corrected chi connectivity index (χ1v) is 5.32. The van der Waals surface area contributed by atoms with Gasteiger partial charge in [0, 0.05) is 15.7 Å². The Morgan fingerprint density at radius 2 is 2.13 bits per heavy atom. The molecule has 6 heteroatoms. The van der Waals surface area contributed by atoms with Gasteiger partial charge in [0.1, 0.15) is 4.99 Å². The van der Waals surface area contributed by atoms with Gasteiger partial charge in [-0.1, -0.05) is 12.2 Å². The van der Waals surface area contributed by atoms with Gasteiger partial charge in [0.15, 0.2) is 0 Å². The summed E-state index contributed by atoms with van der Waals surface area (Å²) in [6.07, 6.45) is 0. The van der Waals surface area contributed by atoms with Crippen LogP contribution in [0.5, 0.6) is 0 Å². The van der Waals surface area contributed by atoms with Crippen LogP contribution in [-0.4, -0.2) is 17.4 Å². The molecule has 0 aliphatic carbocycles. The molecule has 0 heterocycles. The van der Waals surface area contributed by atoms with Crippen molar-refractivity contribution < 1.29 is 4.79 Å². The number of hydrogen-bond donors (Lipinski definition) is 3. The lowest BCUT2D eigenvalue weighted by Crippen LogP contribution is -2.22. The molecule has 0 aromatic heterocycles. The van der Waals surface area contributed by atoms with Crippen LogP contribution < -0.4 is 16.8 Å². The number of anilines is 1. The average molecular weight is 288 g/mol. The molecule has 4 nitrogen and oxygen atoms in total. The first-order chi connectivity index (χ1) is 7.00. The summed E-state index contributed by atoms with van der Waals surface area (Å²) in [5, 5.41) is 2.87. The van der Waals surface area contributed by atoms with E-state index in [-0.39, 0.29) is 6.54 Å². The van der Waals surface area contributed by atoms with Gasteiger partial charge in [-0.2, -0.15) is 0 Å². The van der Waals surface area contributed by atoms with Gasteiger partial charge in [-0.3, -0.25) is 4.79 Å². The number of amides is 1. The monoisotopic (exact) mass is 287 g/mol. The molecule has 1 aromatic carbocycles. The summed E-state index contributed by atoms with van der Waals surface area (Å²) in [6.45, 7) is 0.0883. The first kappa shape index (κ1) is 11.9. The predicted molar refractivity (Wildman–Crippen MR) is 67.7 cm³/mol. The maximum absolute atomic E-state index is 10.6. The number of hydrogen-bond acceptors (Lipinski definition) is 3. The number of carbonyl (C=O) groups is 1. The van der Waals surface area contributed by atoms with Crippen molar-refractivity contribution in [1.29, 1.82) is 0 Å². The Morgan fingerprint density at radius 3 is 2.60 bits per heavy atom. The van der Waals surface area contributed by atoms with Crippen molar-refractivity contribution in [2.75, 3.05) is 11.9 Å². The van der Waals surface area contributed by atoms with E-state index in [9.17, 15) is 4.79 Å². The van der Waals surface area contributed by atoms with Gasteiger partial charge in [-0.25, -0.2) is 0 Å². The highest BCUT2D eigenvalue weighted by molar-refractivity contribution is 9.10. The number of halogens is 1. The molecule has 0 saturated heterocycles.